The average Bonchev–Trinajstić information content (AvgIpc) is 2.47. The molecule has 0 spiro atoms. The maximum atomic E-state index is 6.32. The van der Waals surface area contributed by atoms with Crippen LogP contribution in [0.3, 0.4) is 0 Å². The summed E-state index contributed by atoms with van der Waals surface area (Å²) in [4.78, 5) is 4.67. The molecule has 3 heteroatoms. The summed E-state index contributed by atoms with van der Waals surface area (Å²) in [5.74, 6) is 0. The lowest BCUT2D eigenvalue weighted by Crippen LogP contribution is -1.87. The van der Waals surface area contributed by atoms with Crippen LogP contribution >= 0.6 is 27.5 Å². The van der Waals surface area contributed by atoms with Crippen LogP contribution in [0.1, 0.15) is 5.56 Å². The van der Waals surface area contributed by atoms with E-state index in [2.05, 4.69) is 45.2 Å². The Kier molecular flexibility index (Phi) is 3.54. The summed E-state index contributed by atoms with van der Waals surface area (Å²) in [7, 11) is 0. The van der Waals surface area contributed by atoms with E-state index in [0.29, 0.717) is 0 Å². The molecule has 1 heterocycles. The van der Waals surface area contributed by atoms with Crippen molar-refractivity contribution in [2.75, 3.05) is 0 Å². The van der Waals surface area contributed by atoms with Gasteiger partial charge in [-0.2, -0.15) is 0 Å². The topological polar surface area (TPSA) is 12.9 Å². The highest BCUT2D eigenvalue weighted by Gasteiger charge is 2.05. The molecule has 0 saturated heterocycles. The number of rotatable bonds is 2. The zero-order valence-corrected chi connectivity index (χ0v) is 12.4. The van der Waals surface area contributed by atoms with Gasteiger partial charge in [0.1, 0.15) is 0 Å². The minimum atomic E-state index is 0.741. The van der Waals surface area contributed by atoms with Crippen molar-refractivity contribution in [3.8, 4) is 11.3 Å². The Hall–Kier alpha value is -1.38. The third-order valence-corrected chi connectivity index (χ3v) is 4.03. The van der Waals surface area contributed by atoms with E-state index in [1.165, 1.54) is 5.56 Å². The van der Waals surface area contributed by atoms with Crippen molar-refractivity contribution in [3.63, 3.8) is 0 Å². The number of pyridine rings is 1. The first-order valence-corrected chi connectivity index (χ1v) is 7.48. The van der Waals surface area contributed by atoms with Gasteiger partial charge in [-0.1, -0.05) is 70.0 Å². The molecule has 1 aromatic heterocycles. The molecule has 2 aromatic carbocycles. The molecule has 19 heavy (non-hydrogen) atoms. The molecule has 94 valence electrons. The summed E-state index contributed by atoms with van der Waals surface area (Å²) >= 11 is 9.77. The van der Waals surface area contributed by atoms with E-state index >= 15 is 0 Å². The lowest BCUT2D eigenvalue weighted by molar-refractivity contribution is 1.38. The molecule has 0 N–H and O–H groups in total. The highest BCUT2D eigenvalue weighted by atomic mass is 79.9. The van der Waals surface area contributed by atoms with Crippen LogP contribution < -0.4 is 0 Å². The van der Waals surface area contributed by atoms with E-state index in [1.54, 1.807) is 0 Å². The number of hydrogen-bond donors (Lipinski definition) is 0. The van der Waals surface area contributed by atoms with Gasteiger partial charge in [0.2, 0.25) is 0 Å². The summed E-state index contributed by atoms with van der Waals surface area (Å²) in [6, 6.07) is 18.2. The lowest BCUT2D eigenvalue weighted by atomic mass is 10.1. The van der Waals surface area contributed by atoms with Crippen LogP contribution in [0.4, 0.5) is 0 Å². The fourth-order valence-corrected chi connectivity index (χ4v) is 2.68. The molecule has 0 unspecified atom stereocenters. The lowest BCUT2D eigenvalue weighted by Gasteiger charge is -2.06. The largest absolute Gasteiger partial charge is 0.248 e. The number of aromatic nitrogens is 1. The summed E-state index contributed by atoms with van der Waals surface area (Å²) in [5.41, 5.74) is 4.16. The van der Waals surface area contributed by atoms with Gasteiger partial charge in [-0.05, 0) is 17.7 Å². The molecule has 0 atom stereocenters. The van der Waals surface area contributed by atoms with Crippen LogP contribution in [0.15, 0.2) is 54.6 Å². The third kappa shape index (κ3) is 2.51. The number of halogens is 2. The average molecular weight is 333 g/mol. The summed E-state index contributed by atoms with van der Waals surface area (Å²) in [6.07, 6.45) is 0. The Labute approximate surface area is 125 Å². The minimum Gasteiger partial charge on any atom is -0.248 e. The van der Waals surface area contributed by atoms with Gasteiger partial charge in [0, 0.05) is 16.3 Å². The summed E-state index contributed by atoms with van der Waals surface area (Å²) in [5, 5.41) is 2.59. The van der Waals surface area contributed by atoms with Gasteiger partial charge in [0.15, 0.2) is 0 Å². The van der Waals surface area contributed by atoms with E-state index in [-0.39, 0.29) is 0 Å². The van der Waals surface area contributed by atoms with Crippen LogP contribution in [0, 0.1) is 0 Å². The monoisotopic (exact) mass is 331 g/mol. The predicted molar refractivity (Wildman–Crippen MR) is 84.8 cm³/mol. The minimum absolute atomic E-state index is 0.741. The second-order valence-electron chi connectivity index (χ2n) is 4.34. The Morgan fingerprint density at radius 2 is 1.74 bits per heavy atom. The molecule has 0 bridgehead atoms. The van der Waals surface area contributed by atoms with Crippen molar-refractivity contribution in [2.45, 2.75) is 5.33 Å². The standard InChI is InChI=1S/C16H11BrClN/c17-10-11-5-7-12(8-6-11)16-9-14(18)13-3-1-2-4-15(13)19-16/h1-9H,10H2. The van der Waals surface area contributed by atoms with Gasteiger partial charge in [-0.3, -0.25) is 0 Å². The Bertz CT molecular complexity index is 722. The van der Waals surface area contributed by atoms with Crippen molar-refractivity contribution in [1.29, 1.82) is 0 Å². The number of fused-ring (bicyclic) bond motifs is 1. The molecule has 0 saturated carbocycles. The predicted octanol–water partition coefficient (Wildman–Crippen LogP) is 5.45. The van der Waals surface area contributed by atoms with Crippen molar-refractivity contribution >= 4 is 38.4 Å². The fourth-order valence-electron chi connectivity index (χ4n) is 2.05. The van der Waals surface area contributed by atoms with Crippen LogP contribution in [-0.2, 0) is 5.33 Å². The first-order valence-electron chi connectivity index (χ1n) is 5.98. The molecule has 1 nitrogen and oxygen atoms in total. The van der Waals surface area contributed by atoms with Crippen molar-refractivity contribution < 1.29 is 0 Å². The number of hydrogen-bond acceptors (Lipinski definition) is 1. The van der Waals surface area contributed by atoms with Gasteiger partial charge < -0.3 is 0 Å². The highest BCUT2D eigenvalue weighted by molar-refractivity contribution is 9.08. The van der Waals surface area contributed by atoms with Crippen molar-refractivity contribution in [2.24, 2.45) is 0 Å². The van der Waals surface area contributed by atoms with E-state index in [1.807, 2.05) is 30.3 Å². The Balaban J connectivity index is 2.14. The van der Waals surface area contributed by atoms with Crippen LogP contribution in [0.2, 0.25) is 5.02 Å². The fraction of sp³-hybridized carbons (Fsp3) is 0.0625. The molecule has 0 amide bonds. The number of para-hydroxylation sites is 1. The quantitative estimate of drug-likeness (QED) is 0.569. The maximum absolute atomic E-state index is 6.32. The number of benzene rings is 2. The first-order chi connectivity index (χ1) is 9.28. The summed E-state index contributed by atoms with van der Waals surface area (Å²) < 4.78 is 0. The van der Waals surface area contributed by atoms with Gasteiger partial charge in [-0.25, -0.2) is 4.98 Å². The SMILES string of the molecule is Clc1cc(-c2ccc(CBr)cc2)nc2ccccc12. The smallest absolute Gasteiger partial charge is 0.0724 e. The van der Waals surface area contributed by atoms with E-state index in [4.69, 9.17) is 11.6 Å². The highest BCUT2D eigenvalue weighted by Crippen LogP contribution is 2.28. The molecule has 0 aliphatic rings. The molecule has 3 rings (SSSR count). The van der Waals surface area contributed by atoms with Crippen molar-refractivity contribution in [3.05, 3.63) is 65.2 Å². The van der Waals surface area contributed by atoms with E-state index in [9.17, 15) is 0 Å². The summed E-state index contributed by atoms with van der Waals surface area (Å²) in [6.45, 7) is 0. The molecular weight excluding hydrogens is 322 g/mol. The third-order valence-electron chi connectivity index (χ3n) is 3.07. The number of nitrogens with zero attached hydrogens (tertiary/aromatic N) is 1. The Morgan fingerprint density at radius 3 is 2.47 bits per heavy atom. The van der Waals surface area contributed by atoms with Gasteiger partial charge >= 0.3 is 0 Å². The molecule has 0 radical (unpaired) electrons. The number of alkyl halides is 1. The second kappa shape index (κ2) is 5.32. The molecule has 0 aliphatic heterocycles. The first kappa shape index (κ1) is 12.6. The molecular formula is C16H11BrClN. The van der Waals surface area contributed by atoms with Gasteiger partial charge in [-0.15, -0.1) is 0 Å². The van der Waals surface area contributed by atoms with Crippen molar-refractivity contribution in [1.82, 2.24) is 4.98 Å². The van der Waals surface area contributed by atoms with Gasteiger partial charge in [0.05, 0.1) is 16.2 Å². The van der Waals surface area contributed by atoms with E-state index in [0.717, 1.165) is 32.5 Å². The van der Waals surface area contributed by atoms with Crippen LogP contribution in [0.25, 0.3) is 22.2 Å². The molecule has 0 aliphatic carbocycles. The molecule has 0 fully saturated rings. The van der Waals surface area contributed by atoms with Crippen LogP contribution in [-0.4, -0.2) is 4.98 Å². The zero-order chi connectivity index (χ0) is 13.2. The van der Waals surface area contributed by atoms with E-state index < -0.39 is 0 Å². The second-order valence-corrected chi connectivity index (χ2v) is 5.30. The van der Waals surface area contributed by atoms with Crippen LogP contribution in [0.5, 0.6) is 0 Å². The zero-order valence-electron chi connectivity index (χ0n) is 10.1. The Morgan fingerprint density at radius 1 is 1.00 bits per heavy atom. The maximum Gasteiger partial charge on any atom is 0.0724 e. The molecule has 3 aromatic rings. The van der Waals surface area contributed by atoms with Gasteiger partial charge in [0.25, 0.3) is 0 Å². The normalized spacial score (nSPS) is 10.8.